The molecule has 1 atom stereocenters. The van der Waals surface area contributed by atoms with E-state index in [-0.39, 0.29) is 11.9 Å². The van der Waals surface area contributed by atoms with E-state index in [4.69, 9.17) is 5.73 Å². The van der Waals surface area contributed by atoms with E-state index < -0.39 is 0 Å². The maximum atomic E-state index is 12.5. The number of benzene rings is 2. The van der Waals surface area contributed by atoms with Crippen LogP contribution in [0.1, 0.15) is 16.8 Å². The van der Waals surface area contributed by atoms with E-state index in [1.54, 1.807) is 0 Å². The number of fused-ring (bicyclic) bond motifs is 3. The molecule has 2 aromatic carbocycles. The van der Waals surface area contributed by atoms with Gasteiger partial charge in [-0.1, -0.05) is 30.3 Å². The van der Waals surface area contributed by atoms with Crippen molar-refractivity contribution < 1.29 is 4.79 Å². The molecule has 1 aliphatic rings. The number of hydrogen-bond donors (Lipinski definition) is 4. The molecule has 0 aliphatic carbocycles. The molecule has 0 fully saturated rings. The van der Waals surface area contributed by atoms with Crippen LogP contribution in [0, 0.1) is 0 Å². The molecule has 0 saturated heterocycles. The molecule has 3 aromatic rings. The monoisotopic (exact) mass is 320 g/mol. The Bertz CT molecular complexity index is 882. The Kier molecular flexibility index (Phi) is 3.70. The van der Waals surface area contributed by atoms with Crippen molar-refractivity contribution in [2.45, 2.75) is 25.6 Å². The van der Waals surface area contributed by atoms with Crippen molar-refractivity contribution in [3.63, 3.8) is 0 Å². The highest BCUT2D eigenvalue weighted by Gasteiger charge is 2.26. The van der Waals surface area contributed by atoms with Crippen LogP contribution in [0.5, 0.6) is 0 Å². The zero-order valence-corrected chi connectivity index (χ0v) is 13.3. The average Bonchev–Trinajstić information content (AvgIpc) is 2.99. The Morgan fingerprint density at radius 3 is 2.79 bits per heavy atom. The molecule has 1 amide bonds. The van der Waals surface area contributed by atoms with Crippen molar-refractivity contribution in [1.82, 2.24) is 15.6 Å². The van der Waals surface area contributed by atoms with Gasteiger partial charge in [-0.3, -0.25) is 10.1 Å². The van der Waals surface area contributed by atoms with E-state index >= 15 is 0 Å². The number of para-hydroxylation sites is 1. The number of H-pyrrole nitrogens is 1. The van der Waals surface area contributed by atoms with E-state index in [2.05, 4.69) is 27.8 Å². The Morgan fingerprint density at radius 1 is 1.17 bits per heavy atom. The van der Waals surface area contributed by atoms with Crippen LogP contribution >= 0.6 is 0 Å². The molecule has 4 rings (SSSR count). The van der Waals surface area contributed by atoms with E-state index in [1.165, 1.54) is 16.6 Å². The van der Waals surface area contributed by atoms with Crippen molar-refractivity contribution >= 4 is 22.5 Å². The van der Waals surface area contributed by atoms with Gasteiger partial charge in [0.05, 0.1) is 6.04 Å². The SMILES string of the molecule is Nc1ccc(CNC(=O)[C@@H]2Cc3c([nH]c4ccccc34)CN2)cc1. The smallest absolute Gasteiger partial charge is 0.237 e. The fourth-order valence-electron chi connectivity index (χ4n) is 3.27. The number of aromatic amines is 1. The van der Waals surface area contributed by atoms with Crippen LogP contribution in [0.2, 0.25) is 0 Å². The summed E-state index contributed by atoms with van der Waals surface area (Å²) in [5.41, 5.74) is 11.0. The largest absolute Gasteiger partial charge is 0.399 e. The molecule has 5 heteroatoms. The highest BCUT2D eigenvalue weighted by Crippen LogP contribution is 2.26. The number of hydrogen-bond acceptors (Lipinski definition) is 3. The van der Waals surface area contributed by atoms with Gasteiger partial charge in [-0.25, -0.2) is 0 Å². The first-order chi connectivity index (χ1) is 11.7. The summed E-state index contributed by atoms with van der Waals surface area (Å²) >= 11 is 0. The molecular weight excluding hydrogens is 300 g/mol. The van der Waals surface area contributed by atoms with Crippen LogP contribution in [0.4, 0.5) is 5.69 Å². The lowest BCUT2D eigenvalue weighted by atomic mass is 9.98. The number of carbonyl (C=O) groups is 1. The van der Waals surface area contributed by atoms with Gasteiger partial charge in [0.15, 0.2) is 0 Å². The normalized spacial score (nSPS) is 16.8. The van der Waals surface area contributed by atoms with Crippen molar-refractivity contribution in [2.24, 2.45) is 0 Å². The maximum absolute atomic E-state index is 12.5. The Labute approximate surface area is 140 Å². The molecule has 2 heterocycles. The van der Waals surface area contributed by atoms with Crippen LogP contribution < -0.4 is 16.4 Å². The van der Waals surface area contributed by atoms with Crippen LogP contribution in [-0.2, 0) is 24.3 Å². The summed E-state index contributed by atoms with van der Waals surface area (Å²) in [7, 11) is 0. The predicted octanol–water partition coefficient (Wildman–Crippen LogP) is 2.08. The number of nitrogens with two attached hydrogens (primary N) is 1. The first kappa shape index (κ1) is 14.8. The van der Waals surface area contributed by atoms with Gasteiger partial charge in [0.2, 0.25) is 5.91 Å². The van der Waals surface area contributed by atoms with E-state index in [0.717, 1.165) is 16.8 Å². The minimum atomic E-state index is -0.203. The summed E-state index contributed by atoms with van der Waals surface area (Å²) in [5, 5.41) is 7.54. The second-order valence-corrected chi connectivity index (χ2v) is 6.22. The first-order valence-corrected chi connectivity index (χ1v) is 8.14. The number of nitrogens with one attached hydrogen (secondary N) is 3. The summed E-state index contributed by atoms with van der Waals surface area (Å²) in [4.78, 5) is 15.9. The van der Waals surface area contributed by atoms with E-state index in [0.29, 0.717) is 19.5 Å². The molecule has 5 nitrogen and oxygen atoms in total. The minimum Gasteiger partial charge on any atom is -0.399 e. The highest BCUT2D eigenvalue weighted by atomic mass is 16.2. The number of nitrogen functional groups attached to an aromatic ring is 1. The van der Waals surface area contributed by atoms with Gasteiger partial charge in [0.25, 0.3) is 0 Å². The molecule has 122 valence electrons. The summed E-state index contributed by atoms with van der Waals surface area (Å²) in [5.74, 6) is 0.0303. The number of carbonyl (C=O) groups excluding carboxylic acids is 1. The van der Waals surface area contributed by atoms with Gasteiger partial charge in [-0.15, -0.1) is 0 Å². The zero-order chi connectivity index (χ0) is 16.5. The number of aromatic nitrogens is 1. The van der Waals surface area contributed by atoms with Gasteiger partial charge >= 0.3 is 0 Å². The third kappa shape index (κ3) is 2.74. The zero-order valence-electron chi connectivity index (χ0n) is 13.3. The Balaban J connectivity index is 1.45. The van der Waals surface area contributed by atoms with Gasteiger partial charge < -0.3 is 16.0 Å². The number of anilines is 1. The van der Waals surface area contributed by atoms with Crippen molar-refractivity contribution in [1.29, 1.82) is 0 Å². The maximum Gasteiger partial charge on any atom is 0.237 e. The predicted molar refractivity (Wildman–Crippen MR) is 95.3 cm³/mol. The van der Waals surface area contributed by atoms with Gasteiger partial charge in [0, 0.05) is 35.4 Å². The van der Waals surface area contributed by atoms with E-state index in [1.807, 2.05) is 36.4 Å². The molecule has 1 aromatic heterocycles. The van der Waals surface area contributed by atoms with Crippen LogP contribution in [0.15, 0.2) is 48.5 Å². The lowest BCUT2D eigenvalue weighted by Gasteiger charge is -2.23. The highest BCUT2D eigenvalue weighted by molar-refractivity contribution is 5.88. The molecule has 0 radical (unpaired) electrons. The second kappa shape index (κ2) is 6.02. The molecular formula is C19H20N4O. The third-order valence-corrected chi connectivity index (χ3v) is 4.60. The molecule has 0 bridgehead atoms. The second-order valence-electron chi connectivity index (χ2n) is 6.22. The van der Waals surface area contributed by atoms with Gasteiger partial charge in [0.1, 0.15) is 0 Å². The van der Waals surface area contributed by atoms with Crippen molar-refractivity contribution in [3.05, 3.63) is 65.4 Å². The minimum absolute atomic E-state index is 0.0303. The van der Waals surface area contributed by atoms with Crippen molar-refractivity contribution in [3.8, 4) is 0 Å². The summed E-state index contributed by atoms with van der Waals surface area (Å²) in [6.07, 6.45) is 0.701. The average molecular weight is 320 g/mol. The van der Waals surface area contributed by atoms with Crippen molar-refractivity contribution in [2.75, 3.05) is 5.73 Å². The fraction of sp³-hybridized carbons (Fsp3) is 0.211. The molecule has 5 N–H and O–H groups in total. The first-order valence-electron chi connectivity index (χ1n) is 8.14. The number of amides is 1. The standard InChI is InChI=1S/C19H20N4O/c20-13-7-5-12(6-8-13)10-22-19(24)17-9-15-14-3-1-2-4-16(14)23-18(15)11-21-17/h1-8,17,21,23H,9-11,20H2,(H,22,24)/t17-/m0/s1. The molecule has 1 aliphatic heterocycles. The molecule has 24 heavy (non-hydrogen) atoms. The molecule has 0 unspecified atom stereocenters. The van der Waals surface area contributed by atoms with E-state index in [9.17, 15) is 4.79 Å². The topological polar surface area (TPSA) is 82.9 Å². The summed E-state index contributed by atoms with van der Waals surface area (Å²) in [6.45, 7) is 1.20. The Morgan fingerprint density at radius 2 is 1.96 bits per heavy atom. The third-order valence-electron chi connectivity index (χ3n) is 4.60. The molecule has 0 saturated carbocycles. The summed E-state index contributed by atoms with van der Waals surface area (Å²) in [6, 6.07) is 15.6. The fourth-order valence-corrected chi connectivity index (χ4v) is 3.27. The molecule has 0 spiro atoms. The van der Waals surface area contributed by atoms with Crippen LogP contribution in [-0.4, -0.2) is 16.9 Å². The quantitative estimate of drug-likeness (QED) is 0.558. The van der Waals surface area contributed by atoms with Gasteiger partial charge in [-0.2, -0.15) is 0 Å². The number of rotatable bonds is 3. The Hall–Kier alpha value is -2.79. The van der Waals surface area contributed by atoms with Crippen LogP contribution in [0.25, 0.3) is 10.9 Å². The lowest BCUT2D eigenvalue weighted by molar-refractivity contribution is -0.123. The summed E-state index contributed by atoms with van der Waals surface area (Å²) < 4.78 is 0. The van der Waals surface area contributed by atoms with Gasteiger partial charge in [-0.05, 0) is 35.7 Å². The lowest BCUT2D eigenvalue weighted by Crippen LogP contribution is -2.47. The van der Waals surface area contributed by atoms with Crippen LogP contribution in [0.3, 0.4) is 0 Å².